The van der Waals surface area contributed by atoms with Crippen molar-refractivity contribution in [1.82, 2.24) is 9.97 Å². The molecule has 0 atom stereocenters. The van der Waals surface area contributed by atoms with Crippen molar-refractivity contribution in [2.24, 2.45) is 0 Å². The van der Waals surface area contributed by atoms with Crippen LogP contribution in [0.5, 0.6) is 0 Å². The molecule has 0 unspecified atom stereocenters. The number of nitrogens with two attached hydrogens (primary N) is 1. The predicted molar refractivity (Wildman–Crippen MR) is 70.5 cm³/mol. The molecule has 0 spiro atoms. The minimum Gasteiger partial charge on any atom is -0.382 e. The van der Waals surface area contributed by atoms with Crippen molar-refractivity contribution in [3.05, 3.63) is 36.7 Å². The van der Waals surface area contributed by atoms with E-state index in [1.54, 1.807) is 18.3 Å². The van der Waals surface area contributed by atoms with Gasteiger partial charge in [-0.15, -0.1) is 0 Å². The molecule has 6 nitrogen and oxygen atoms in total. The number of nitrogens with one attached hydrogen (secondary N) is 2. The van der Waals surface area contributed by atoms with Crippen LogP contribution in [0.25, 0.3) is 0 Å². The molecule has 1 aromatic heterocycles. The van der Waals surface area contributed by atoms with Crippen LogP contribution in [0, 0.1) is 0 Å². The molecule has 0 aliphatic rings. The molecule has 92 valence electrons. The van der Waals surface area contributed by atoms with Gasteiger partial charge in [-0.25, -0.2) is 4.98 Å². The van der Waals surface area contributed by atoms with Crippen molar-refractivity contribution in [1.29, 1.82) is 0 Å². The number of hydrogen-bond acceptors (Lipinski definition) is 5. The van der Waals surface area contributed by atoms with Crippen LogP contribution in [0.3, 0.4) is 0 Å². The van der Waals surface area contributed by atoms with Crippen molar-refractivity contribution in [3.63, 3.8) is 0 Å². The van der Waals surface area contributed by atoms with Crippen LogP contribution >= 0.6 is 0 Å². The third kappa shape index (κ3) is 3.18. The number of benzene rings is 1. The van der Waals surface area contributed by atoms with Crippen LogP contribution in [0.2, 0.25) is 0 Å². The van der Waals surface area contributed by atoms with Gasteiger partial charge in [0.25, 0.3) is 0 Å². The Balaban J connectivity index is 2.16. The largest absolute Gasteiger partial charge is 0.382 e. The normalized spacial score (nSPS) is 9.83. The van der Waals surface area contributed by atoms with Gasteiger partial charge in [-0.1, -0.05) is 6.07 Å². The zero-order valence-corrected chi connectivity index (χ0v) is 9.84. The highest BCUT2D eigenvalue weighted by atomic mass is 16.1. The first-order valence-electron chi connectivity index (χ1n) is 5.36. The lowest BCUT2D eigenvalue weighted by Crippen LogP contribution is -2.06. The van der Waals surface area contributed by atoms with Crippen LogP contribution in [0.4, 0.5) is 23.0 Å². The molecule has 1 aromatic carbocycles. The van der Waals surface area contributed by atoms with E-state index in [0.29, 0.717) is 17.3 Å². The number of anilines is 4. The number of hydrogen-bond donors (Lipinski definition) is 3. The quantitative estimate of drug-likeness (QED) is 0.763. The van der Waals surface area contributed by atoms with Crippen molar-refractivity contribution in [2.75, 3.05) is 16.4 Å². The monoisotopic (exact) mass is 243 g/mol. The summed E-state index contributed by atoms with van der Waals surface area (Å²) >= 11 is 0. The Morgan fingerprint density at radius 3 is 2.78 bits per heavy atom. The molecule has 0 aliphatic carbocycles. The van der Waals surface area contributed by atoms with E-state index in [2.05, 4.69) is 20.6 Å². The second-order valence-electron chi connectivity index (χ2n) is 3.72. The van der Waals surface area contributed by atoms with Crippen LogP contribution in [-0.4, -0.2) is 15.9 Å². The second-order valence-corrected chi connectivity index (χ2v) is 3.72. The zero-order valence-electron chi connectivity index (χ0n) is 9.84. The van der Waals surface area contributed by atoms with Crippen LogP contribution in [0.15, 0.2) is 36.7 Å². The highest BCUT2D eigenvalue weighted by molar-refractivity contribution is 5.89. The van der Waals surface area contributed by atoms with Crippen LogP contribution < -0.4 is 16.4 Å². The van der Waals surface area contributed by atoms with E-state index < -0.39 is 0 Å². The van der Waals surface area contributed by atoms with Gasteiger partial charge < -0.3 is 16.4 Å². The van der Waals surface area contributed by atoms with E-state index in [-0.39, 0.29) is 5.91 Å². The van der Waals surface area contributed by atoms with Crippen molar-refractivity contribution < 1.29 is 4.79 Å². The molecule has 0 saturated carbocycles. The molecule has 1 heterocycles. The number of amides is 1. The summed E-state index contributed by atoms with van der Waals surface area (Å²) in [5.41, 5.74) is 7.04. The molecule has 0 radical (unpaired) electrons. The Morgan fingerprint density at radius 1 is 1.28 bits per heavy atom. The zero-order chi connectivity index (χ0) is 13.0. The topological polar surface area (TPSA) is 92.9 Å². The Kier molecular flexibility index (Phi) is 3.38. The molecule has 1 amide bonds. The first kappa shape index (κ1) is 11.8. The van der Waals surface area contributed by atoms with Gasteiger partial charge in [0.1, 0.15) is 5.82 Å². The first-order chi connectivity index (χ1) is 8.63. The Morgan fingerprint density at radius 2 is 2.06 bits per heavy atom. The number of aromatic nitrogens is 2. The van der Waals surface area contributed by atoms with Gasteiger partial charge in [0, 0.05) is 18.3 Å². The fourth-order valence-electron chi connectivity index (χ4n) is 1.47. The number of nitrogen functional groups attached to an aromatic ring is 1. The number of nitrogens with zero attached hydrogens (tertiary/aromatic N) is 2. The lowest BCUT2D eigenvalue weighted by atomic mass is 10.2. The summed E-state index contributed by atoms with van der Waals surface area (Å²) in [7, 11) is 0. The SMILES string of the molecule is CC(=O)Nc1cccc(Nc2cncc(N)n2)c1. The van der Waals surface area contributed by atoms with E-state index in [1.165, 1.54) is 13.1 Å². The summed E-state index contributed by atoms with van der Waals surface area (Å²) in [6.45, 7) is 1.46. The molecule has 0 aliphatic heterocycles. The molecule has 6 heteroatoms. The van der Waals surface area contributed by atoms with Gasteiger partial charge in [0.05, 0.1) is 12.4 Å². The molecule has 18 heavy (non-hydrogen) atoms. The summed E-state index contributed by atoms with van der Waals surface area (Å²) in [4.78, 5) is 19.0. The minimum absolute atomic E-state index is 0.115. The number of carbonyl (C=O) groups is 1. The standard InChI is InChI=1S/C12H13N5O/c1-8(18)15-9-3-2-4-10(5-9)16-12-7-14-6-11(13)17-12/h2-7H,1H3,(H,15,18)(H3,13,16,17). The molecule has 0 fully saturated rings. The highest BCUT2D eigenvalue weighted by Gasteiger charge is 2.00. The average Bonchev–Trinajstić information content (AvgIpc) is 2.28. The molecule has 0 saturated heterocycles. The fourth-order valence-corrected chi connectivity index (χ4v) is 1.47. The van der Waals surface area contributed by atoms with Gasteiger partial charge in [-0.2, -0.15) is 0 Å². The van der Waals surface area contributed by atoms with Crippen molar-refractivity contribution >= 4 is 28.9 Å². The van der Waals surface area contributed by atoms with E-state index in [9.17, 15) is 4.79 Å². The van der Waals surface area contributed by atoms with Gasteiger partial charge in [-0.3, -0.25) is 9.78 Å². The maximum atomic E-state index is 11.0. The first-order valence-corrected chi connectivity index (χ1v) is 5.36. The number of rotatable bonds is 3. The average molecular weight is 243 g/mol. The van der Waals surface area contributed by atoms with Gasteiger partial charge in [0.2, 0.25) is 5.91 Å². The predicted octanol–water partition coefficient (Wildman–Crippen LogP) is 1.76. The minimum atomic E-state index is -0.115. The Hall–Kier alpha value is -2.63. The van der Waals surface area contributed by atoms with Crippen LogP contribution in [0.1, 0.15) is 6.92 Å². The number of carbonyl (C=O) groups excluding carboxylic acids is 1. The Labute approximate surface area is 104 Å². The van der Waals surface area contributed by atoms with Crippen molar-refractivity contribution in [3.8, 4) is 0 Å². The maximum Gasteiger partial charge on any atom is 0.221 e. The molecule has 2 rings (SSSR count). The molecular weight excluding hydrogens is 230 g/mol. The Bertz CT molecular complexity index is 570. The third-order valence-electron chi connectivity index (χ3n) is 2.11. The van der Waals surface area contributed by atoms with E-state index in [0.717, 1.165) is 5.69 Å². The maximum absolute atomic E-state index is 11.0. The lowest BCUT2D eigenvalue weighted by molar-refractivity contribution is -0.114. The summed E-state index contributed by atoms with van der Waals surface area (Å²) in [5.74, 6) is 0.781. The van der Waals surface area contributed by atoms with E-state index >= 15 is 0 Å². The highest BCUT2D eigenvalue weighted by Crippen LogP contribution is 2.18. The molecular formula is C12H13N5O. The van der Waals surface area contributed by atoms with Crippen molar-refractivity contribution in [2.45, 2.75) is 6.92 Å². The summed E-state index contributed by atoms with van der Waals surface area (Å²) < 4.78 is 0. The smallest absolute Gasteiger partial charge is 0.221 e. The third-order valence-corrected chi connectivity index (χ3v) is 2.11. The van der Waals surface area contributed by atoms with E-state index in [1.807, 2.05) is 12.1 Å². The summed E-state index contributed by atoms with van der Waals surface area (Å²) in [6.07, 6.45) is 3.04. The molecule has 2 aromatic rings. The summed E-state index contributed by atoms with van der Waals surface area (Å²) in [6, 6.07) is 7.29. The fraction of sp³-hybridized carbons (Fsp3) is 0.0833. The van der Waals surface area contributed by atoms with Crippen LogP contribution in [-0.2, 0) is 4.79 Å². The van der Waals surface area contributed by atoms with Gasteiger partial charge in [0.15, 0.2) is 5.82 Å². The second kappa shape index (κ2) is 5.13. The van der Waals surface area contributed by atoms with Gasteiger partial charge in [-0.05, 0) is 18.2 Å². The van der Waals surface area contributed by atoms with Gasteiger partial charge >= 0.3 is 0 Å². The summed E-state index contributed by atoms with van der Waals surface area (Å²) in [5, 5.41) is 5.76. The molecule has 0 bridgehead atoms. The van der Waals surface area contributed by atoms with E-state index in [4.69, 9.17) is 5.73 Å². The lowest BCUT2D eigenvalue weighted by Gasteiger charge is -2.08. The molecule has 4 N–H and O–H groups in total.